The van der Waals surface area contributed by atoms with Gasteiger partial charge in [0.2, 0.25) is 5.43 Å². The summed E-state index contributed by atoms with van der Waals surface area (Å²) in [6, 6.07) is 10.0. The third-order valence-electron chi connectivity index (χ3n) is 5.64. The van der Waals surface area contributed by atoms with Crippen molar-refractivity contribution in [3.8, 4) is 28.4 Å². The van der Waals surface area contributed by atoms with Crippen molar-refractivity contribution in [1.29, 1.82) is 0 Å². The van der Waals surface area contributed by atoms with E-state index in [0.717, 1.165) is 25.8 Å². The Balaban J connectivity index is 1.50. The van der Waals surface area contributed by atoms with Gasteiger partial charge in [0.05, 0.1) is 24.2 Å². The molecule has 2 aliphatic heterocycles. The van der Waals surface area contributed by atoms with Gasteiger partial charge in [0.1, 0.15) is 23.1 Å². The first-order valence-electron chi connectivity index (χ1n) is 10.5. The van der Waals surface area contributed by atoms with E-state index in [0.29, 0.717) is 58.3 Å². The van der Waals surface area contributed by atoms with Crippen LogP contribution in [0.1, 0.15) is 25.0 Å². The molecule has 1 N–H and O–H groups in total. The van der Waals surface area contributed by atoms with Crippen molar-refractivity contribution in [1.82, 2.24) is 5.32 Å². The smallest absolute Gasteiger partial charge is 0.328 e. The third-order valence-corrected chi connectivity index (χ3v) is 5.64. The van der Waals surface area contributed by atoms with Crippen molar-refractivity contribution >= 4 is 16.9 Å². The molecule has 7 nitrogen and oxygen atoms in total. The zero-order chi connectivity index (χ0) is 21.4. The molecule has 0 amide bonds. The van der Waals surface area contributed by atoms with E-state index in [2.05, 4.69) is 5.32 Å². The summed E-state index contributed by atoms with van der Waals surface area (Å²) >= 11 is 0. The molecule has 2 aliphatic rings. The van der Waals surface area contributed by atoms with Crippen molar-refractivity contribution < 1.29 is 23.4 Å². The molecular formula is C24H23NO6. The Morgan fingerprint density at radius 3 is 2.71 bits per heavy atom. The summed E-state index contributed by atoms with van der Waals surface area (Å²) in [4.78, 5) is 25.5. The summed E-state index contributed by atoms with van der Waals surface area (Å²) in [5.41, 5.74) is 1.41. The minimum absolute atomic E-state index is 0.149. The average molecular weight is 421 g/mol. The summed E-state index contributed by atoms with van der Waals surface area (Å²) < 4.78 is 22.9. The van der Waals surface area contributed by atoms with Crippen LogP contribution in [0.4, 0.5) is 0 Å². The Morgan fingerprint density at radius 1 is 1.06 bits per heavy atom. The number of carbonyl (C=O) groups is 1. The molecule has 1 saturated heterocycles. The quantitative estimate of drug-likeness (QED) is 0.511. The first-order chi connectivity index (χ1) is 15.1. The van der Waals surface area contributed by atoms with Crippen molar-refractivity contribution in [2.24, 2.45) is 0 Å². The van der Waals surface area contributed by atoms with Gasteiger partial charge in [0, 0.05) is 12.5 Å². The molecule has 3 aromatic rings. The first kappa shape index (κ1) is 19.6. The second kappa shape index (κ2) is 8.07. The van der Waals surface area contributed by atoms with Gasteiger partial charge >= 0.3 is 5.97 Å². The Kier molecular flexibility index (Phi) is 5.11. The fourth-order valence-electron chi connectivity index (χ4n) is 4.07. The van der Waals surface area contributed by atoms with Crippen LogP contribution in [0.2, 0.25) is 0 Å². The highest BCUT2D eigenvalue weighted by molar-refractivity contribution is 5.85. The van der Waals surface area contributed by atoms with Crippen LogP contribution in [-0.4, -0.2) is 31.8 Å². The number of esters is 1. The van der Waals surface area contributed by atoms with E-state index in [1.165, 1.54) is 0 Å². The Bertz CT molecular complexity index is 1210. The maximum Gasteiger partial charge on any atom is 0.328 e. The Hall–Kier alpha value is -3.32. The molecule has 0 bridgehead atoms. The van der Waals surface area contributed by atoms with Gasteiger partial charge in [0.15, 0.2) is 11.5 Å². The molecule has 1 fully saturated rings. The summed E-state index contributed by atoms with van der Waals surface area (Å²) in [6.07, 6.45) is 2.53. The largest absolute Gasteiger partial charge is 0.490 e. The van der Waals surface area contributed by atoms with E-state index in [4.69, 9.17) is 18.6 Å². The first-order valence-corrected chi connectivity index (χ1v) is 10.5. The SMILES string of the molecule is Cc1oc2cc(OC(=O)[C@@H]3CCCN3)ccc2c(=O)c1-c1ccc2c(c1)OCCCO2. The van der Waals surface area contributed by atoms with E-state index < -0.39 is 0 Å². The fourth-order valence-corrected chi connectivity index (χ4v) is 4.07. The number of benzene rings is 2. The molecule has 0 spiro atoms. The van der Waals surface area contributed by atoms with E-state index >= 15 is 0 Å². The zero-order valence-electron chi connectivity index (χ0n) is 17.2. The van der Waals surface area contributed by atoms with Crippen molar-refractivity contribution in [3.05, 3.63) is 52.4 Å². The number of hydrogen-bond acceptors (Lipinski definition) is 7. The van der Waals surface area contributed by atoms with E-state index in [1.54, 1.807) is 25.1 Å². The lowest BCUT2D eigenvalue weighted by Gasteiger charge is -2.12. The van der Waals surface area contributed by atoms with Crippen LogP contribution in [0.25, 0.3) is 22.1 Å². The second-order valence-corrected chi connectivity index (χ2v) is 7.80. The standard InChI is InChI=1S/C24H23NO6/c1-14-22(15-5-8-19-21(12-15)29-11-3-10-28-19)23(26)17-7-6-16(13-20(17)30-14)31-24(27)18-4-2-9-25-18/h5-8,12-13,18,25H,2-4,9-11H2,1H3/t18-/m0/s1. The zero-order valence-corrected chi connectivity index (χ0v) is 17.2. The normalized spacial score (nSPS) is 18.0. The summed E-state index contributed by atoms with van der Waals surface area (Å²) in [7, 11) is 0. The topological polar surface area (TPSA) is 87.0 Å². The van der Waals surface area contributed by atoms with Crippen LogP contribution < -0.4 is 25.0 Å². The van der Waals surface area contributed by atoms with Gasteiger partial charge in [-0.2, -0.15) is 0 Å². The minimum Gasteiger partial charge on any atom is -0.490 e. The number of rotatable bonds is 3. The van der Waals surface area contributed by atoms with Gasteiger partial charge in [-0.1, -0.05) is 6.07 Å². The van der Waals surface area contributed by atoms with Crippen LogP contribution in [0.15, 0.2) is 45.6 Å². The van der Waals surface area contributed by atoms with Crippen molar-refractivity contribution in [2.45, 2.75) is 32.2 Å². The molecule has 0 unspecified atom stereocenters. The number of carbonyl (C=O) groups excluding carboxylic acids is 1. The van der Waals surface area contributed by atoms with E-state index in [9.17, 15) is 9.59 Å². The van der Waals surface area contributed by atoms with E-state index in [1.807, 2.05) is 18.2 Å². The summed E-state index contributed by atoms with van der Waals surface area (Å²) in [5, 5.41) is 3.54. The van der Waals surface area contributed by atoms with Crippen molar-refractivity contribution in [2.75, 3.05) is 19.8 Å². The number of fused-ring (bicyclic) bond motifs is 2. The monoisotopic (exact) mass is 421 g/mol. The average Bonchev–Trinajstić information content (AvgIpc) is 3.20. The molecule has 0 aliphatic carbocycles. The van der Waals surface area contributed by atoms with Gasteiger partial charge in [-0.15, -0.1) is 0 Å². The maximum atomic E-state index is 13.3. The van der Waals surface area contributed by atoms with Crippen LogP contribution >= 0.6 is 0 Å². The highest BCUT2D eigenvalue weighted by Crippen LogP contribution is 2.35. The Labute approximate surface area is 178 Å². The maximum absolute atomic E-state index is 13.3. The van der Waals surface area contributed by atoms with Crippen LogP contribution in [0, 0.1) is 6.92 Å². The number of hydrogen-bond donors (Lipinski definition) is 1. The van der Waals surface area contributed by atoms with E-state index in [-0.39, 0.29) is 17.4 Å². The summed E-state index contributed by atoms with van der Waals surface area (Å²) in [6.45, 7) is 3.74. The molecule has 5 rings (SSSR count). The van der Waals surface area contributed by atoms with Crippen molar-refractivity contribution in [3.63, 3.8) is 0 Å². The third kappa shape index (κ3) is 3.77. The molecule has 31 heavy (non-hydrogen) atoms. The van der Waals surface area contributed by atoms with Gasteiger partial charge in [0.25, 0.3) is 0 Å². The van der Waals surface area contributed by atoms with Crippen LogP contribution in [0.3, 0.4) is 0 Å². The fraction of sp³-hybridized carbons (Fsp3) is 0.333. The molecule has 1 atom stereocenters. The Morgan fingerprint density at radius 2 is 1.90 bits per heavy atom. The molecule has 1 aromatic heterocycles. The molecule has 3 heterocycles. The second-order valence-electron chi connectivity index (χ2n) is 7.80. The molecule has 160 valence electrons. The lowest BCUT2D eigenvalue weighted by Crippen LogP contribution is -2.34. The highest BCUT2D eigenvalue weighted by atomic mass is 16.5. The predicted molar refractivity (Wildman–Crippen MR) is 115 cm³/mol. The van der Waals surface area contributed by atoms with Crippen LogP contribution in [-0.2, 0) is 4.79 Å². The molecule has 0 saturated carbocycles. The summed E-state index contributed by atoms with van der Waals surface area (Å²) in [5.74, 6) is 1.81. The van der Waals surface area contributed by atoms with Gasteiger partial charge < -0.3 is 23.9 Å². The number of ether oxygens (including phenoxy) is 3. The minimum atomic E-state index is -0.320. The molecule has 7 heteroatoms. The van der Waals surface area contributed by atoms with Gasteiger partial charge in [-0.25, -0.2) is 4.79 Å². The number of nitrogens with one attached hydrogen (secondary N) is 1. The molecular weight excluding hydrogens is 398 g/mol. The lowest BCUT2D eigenvalue weighted by molar-refractivity contribution is -0.136. The van der Waals surface area contributed by atoms with Gasteiger partial charge in [-0.05, 0) is 56.1 Å². The predicted octanol–water partition coefficient (Wildman–Crippen LogP) is 3.59. The molecule has 2 aromatic carbocycles. The van der Waals surface area contributed by atoms with Crippen LogP contribution in [0.5, 0.6) is 17.2 Å². The van der Waals surface area contributed by atoms with Gasteiger partial charge in [-0.3, -0.25) is 4.79 Å². The molecule has 0 radical (unpaired) electrons. The number of aryl methyl sites for hydroxylation is 1. The lowest BCUT2D eigenvalue weighted by atomic mass is 10.0. The highest BCUT2D eigenvalue weighted by Gasteiger charge is 2.24.